The third-order valence-corrected chi connectivity index (χ3v) is 4.52. The van der Waals surface area contributed by atoms with Crippen LogP contribution in [0, 0.1) is 5.92 Å². The van der Waals surface area contributed by atoms with E-state index in [1.54, 1.807) is 35.1 Å². The fraction of sp³-hybridized carbons (Fsp3) is 0.471. The Kier molecular flexibility index (Phi) is 4.71. The molecule has 3 rings (SSSR count). The van der Waals surface area contributed by atoms with Crippen LogP contribution in [0.2, 0.25) is 0 Å². The van der Waals surface area contributed by atoms with Crippen molar-refractivity contribution in [3.05, 3.63) is 42.5 Å². The third-order valence-electron chi connectivity index (χ3n) is 4.52. The molecule has 0 bridgehead atoms. The normalized spacial score (nSPS) is 21.1. The van der Waals surface area contributed by atoms with Crippen LogP contribution in [0.5, 0.6) is 0 Å². The van der Waals surface area contributed by atoms with Crippen molar-refractivity contribution in [3.63, 3.8) is 0 Å². The van der Waals surface area contributed by atoms with Gasteiger partial charge in [-0.1, -0.05) is 12.8 Å². The molecule has 6 nitrogen and oxygen atoms in total. The largest absolute Gasteiger partial charge is 0.393 e. The molecule has 1 aromatic carbocycles. The molecular weight excluding hydrogens is 292 g/mol. The average molecular weight is 314 g/mol. The summed E-state index contributed by atoms with van der Waals surface area (Å²) in [6.07, 6.45) is 6.86. The molecule has 1 aromatic heterocycles. The lowest BCUT2D eigenvalue weighted by Crippen LogP contribution is -2.38. The predicted octanol–water partition coefficient (Wildman–Crippen LogP) is 1.89. The van der Waals surface area contributed by atoms with Gasteiger partial charge >= 0.3 is 0 Å². The van der Waals surface area contributed by atoms with Crippen LogP contribution in [0.25, 0.3) is 5.69 Å². The number of aliphatic hydroxyl groups is 1. The Balaban J connectivity index is 1.65. The number of benzene rings is 1. The van der Waals surface area contributed by atoms with Gasteiger partial charge < -0.3 is 10.0 Å². The van der Waals surface area contributed by atoms with E-state index in [4.69, 9.17) is 0 Å². The van der Waals surface area contributed by atoms with Gasteiger partial charge in [-0.2, -0.15) is 5.10 Å². The summed E-state index contributed by atoms with van der Waals surface area (Å²) in [6.45, 7) is 0.602. The molecule has 122 valence electrons. The fourth-order valence-corrected chi connectivity index (χ4v) is 3.15. The van der Waals surface area contributed by atoms with Crippen LogP contribution in [0.4, 0.5) is 0 Å². The van der Waals surface area contributed by atoms with Gasteiger partial charge in [-0.3, -0.25) is 4.79 Å². The molecule has 23 heavy (non-hydrogen) atoms. The van der Waals surface area contributed by atoms with Crippen molar-refractivity contribution >= 4 is 5.91 Å². The summed E-state index contributed by atoms with van der Waals surface area (Å²) in [7, 11) is 1.80. The standard InChI is InChI=1S/C17H22N4O2/c1-20(10-14-4-2-3-5-16(14)22)17(23)13-6-8-15(9-7-13)21-12-18-11-19-21/h6-9,11-12,14,16,22H,2-5,10H2,1H3. The number of amides is 1. The minimum absolute atomic E-state index is 0.0205. The molecule has 1 aliphatic carbocycles. The van der Waals surface area contributed by atoms with Crippen molar-refractivity contribution in [1.29, 1.82) is 0 Å². The summed E-state index contributed by atoms with van der Waals surface area (Å²) < 4.78 is 1.65. The van der Waals surface area contributed by atoms with Gasteiger partial charge in [-0.25, -0.2) is 9.67 Å². The average Bonchev–Trinajstić information content (AvgIpc) is 3.11. The molecule has 0 aliphatic heterocycles. The summed E-state index contributed by atoms with van der Waals surface area (Å²) in [6, 6.07) is 7.30. The number of rotatable bonds is 4. The SMILES string of the molecule is CN(CC1CCCCC1O)C(=O)c1ccc(-n2cncn2)cc1. The van der Waals surface area contributed by atoms with E-state index in [2.05, 4.69) is 10.1 Å². The van der Waals surface area contributed by atoms with Gasteiger partial charge in [0.25, 0.3) is 5.91 Å². The first-order chi connectivity index (χ1) is 11.1. The monoisotopic (exact) mass is 314 g/mol. The predicted molar refractivity (Wildman–Crippen MR) is 86.3 cm³/mol. The topological polar surface area (TPSA) is 71.2 Å². The maximum atomic E-state index is 12.5. The molecule has 6 heteroatoms. The van der Waals surface area contributed by atoms with Crippen LogP contribution in [0.15, 0.2) is 36.9 Å². The van der Waals surface area contributed by atoms with Gasteiger partial charge in [0.2, 0.25) is 0 Å². The van der Waals surface area contributed by atoms with E-state index in [-0.39, 0.29) is 17.9 Å². The van der Waals surface area contributed by atoms with E-state index in [1.807, 2.05) is 12.1 Å². The number of carbonyl (C=O) groups excluding carboxylic acids is 1. The summed E-state index contributed by atoms with van der Waals surface area (Å²) in [4.78, 5) is 18.2. The third kappa shape index (κ3) is 3.59. The number of carbonyl (C=O) groups is 1. The van der Waals surface area contributed by atoms with Crippen molar-refractivity contribution < 1.29 is 9.90 Å². The van der Waals surface area contributed by atoms with Gasteiger partial charge in [-0.15, -0.1) is 0 Å². The summed E-state index contributed by atoms with van der Waals surface area (Å²) >= 11 is 0. The van der Waals surface area contributed by atoms with Crippen molar-refractivity contribution in [2.75, 3.05) is 13.6 Å². The number of nitrogens with zero attached hydrogens (tertiary/aromatic N) is 4. The lowest BCUT2D eigenvalue weighted by Gasteiger charge is -2.31. The van der Waals surface area contributed by atoms with Gasteiger partial charge in [0.15, 0.2) is 0 Å². The van der Waals surface area contributed by atoms with Crippen molar-refractivity contribution in [3.8, 4) is 5.69 Å². The van der Waals surface area contributed by atoms with Crippen LogP contribution in [0.1, 0.15) is 36.0 Å². The Morgan fingerprint density at radius 3 is 2.70 bits per heavy atom. The Bertz CT molecular complexity index is 639. The molecule has 1 saturated carbocycles. The first kappa shape index (κ1) is 15.7. The van der Waals surface area contributed by atoms with Crippen LogP contribution in [-0.4, -0.2) is 50.4 Å². The molecule has 1 amide bonds. The van der Waals surface area contributed by atoms with Crippen LogP contribution >= 0.6 is 0 Å². The number of hydrogen-bond acceptors (Lipinski definition) is 4. The Hall–Kier alpha value is -2.21. The van der Waals surface area contributed by atoms with E-state index >= 15 is 0 Å². The molecule has 0 saturated heterocycles. The maximum absolute atomic E-state index is 12.5. The Labute approximate surface area is 135 Å². The zero-order valence-corrected chi connectivity index (χ0v) is 13.3. The zero-order chi connectivity index (χ0) is 16.2. The first-order valence-electron chi connectivity index (χ1n) is 8.04. The number of hydrogen-bond donors (Lipinski definition) is 1. The minimum Gasteiger partial charge on any atom is -0.393 e. The van der Waals surface area contributed by atoms with E-state index in [9.17, 15) is 9.90 Å². The second kappa shape index (κ2) is 6.91. The van der Waals surface area contributed by atoms with Crippen molar-refractivity contribution in [2.24, 2.45) is 5.92 Å². The van der Waals surface area contributed by atoms with Gasteiger partial charge in [0.05, 0.1) is 11.8 Å². The molecular formula is C17H22N4O2. The maximum Gasteiger partial charge on any atom is 0.253 e. The lowest BCUT2D eigenvalue weighted by molar-refractivity contribution is 0.0451. The van der Waals surface area contributed by atoms with E-state index in [1.165, 1.54) is 6.33 Å². The smallest absolute Gasteiger partial charge is 0.253 e. The summed E-state index contributed by atoms with van der Waals surface area (Å²) in [5.74, 6) is 0.167. The van der Waals surface area contributed by atoms with Gasteiger partial charge in [-0.05, 0) is 37.1 Å². The van der Waals surface area contributed by atoms with Gasteiger partial charge in [0.1, 0.15) is 12.7 Å². The molecule has 2 unspecified atom stereocenters. The quantitative estimate of drug-likeness (QED) is 0.935. The highest BCUT2D eigenvalue weighted by atomic mass is 16.3. The highest BCUT2D eigenvalue weighted by molar-refractivity contribution is 5.94. The van der Waals surface area contributed by atoms with Crippen LogP contribution < -0.4 is 0 Å². The molecule has 1 aliphatic rings. The second-order valence-electron chi connectivity index (χ2n) is 6.18. The fourth-order valence-electron chi connectivity index (χ4n) is 3.15. The molecule has 0 radical (unpaired) electrons. The highest BCUT2D eigenvalue weighted by Gasteiger charge is 2.25. The minimum atomic E-state index is -0.284. The van der Waals surface area contributed by atoms with Crippen LogP contribution in [-0.2, 0) is 0 Å². The zero-order valence-electron chi connectivity index (χ0n) is 13.3. The molecule has 1 heterocycles. The summed E-state index contributed by atoms with van der Waals surface area (Å²) in [5, 5.41) is 14.1. The highest BCUT2D eigenvalue weighted by Crippen LogP contribution is 2.25. The lowest BCUT2D eigenvalue weighted by atomic mass is 9.86. The second-order valence-corrected chi connectivity index (χ2v) is 6.18. The summed E-state index contributed by atoms with van der Waals surface area (Å²) in [5.41, 5.74) is 1.51. The molecule has 0 spiro atoms. The van der Waals surface area contributed by atoms with E-state index < -0.39 is 0 Å². The molecule has 1 N–H and O–H groups in total. The molecule has 2 aromatic rings. The van der Waals surface area contributed by atoms with Crippen molar-refractivity contribution in [2.45, 2.75) is 31.8 Å². The Morgan fingerprint density at radius 1 is 1.30 bits per heavy atom. The molecule has 2 atom stereocenters. The van der Waals surface area contributed by atoms with Crippen LogP contribution in [0.3, 0.4) is 0 Å². The first-order valence-corrected chi connectivity index (χ1v) is 8.04. The number of aromatic nitrogens is 3. The van der Waals surface area contributed by atoms with Gasteiger partial charge in [0, 0.05) is 25.1 Å². The van der Waals surface area contributed by atoms with Crippen molar-refractivity contribution in [1.82, 2.24) is 19.7 Å². The van der Waals surface area contributed by atoms with E-state index in [0.717, 1.165) is 31.4 Å². The number of aliphatic hydroxyl groups excluding tert-OH is 1. The van der Waals surface area contributed by atoms with E-state index in [0.29, 0.717) is 12.1 Å². The molecule has 1 fully saturated rings. The Morgan fingerprint density at radius 2 is 2.04 bits per heavy atom.